The molecule has 0 radical (unpaired) electrons. The van der Waals surface area contributed by atoms with Crippen molar-refractivity contribution in [3.05, 3.63) is 11.6 Å². The molecular weight excluding hydrogens is 593 g/mol. The van der Waals surface area contributed by atoms with Crippen LogP contribution in [0.5, 0.6) is 0 Å². The number of carboxylic acids is 1. The summed E-state index contributed by atoms with van der Waals surface area (Å²) in [4.78, 5) is 44.4. The van der Waals surface area contributed by atoms with Crippen LogP contribution in [0.15, 0.2) is 16.8 Å². The lowest BCUT2D eigenvalue weighted by molar-refractivity contribution is -0.179. The Labute approximate surface area is 272 Å². The normalized spacial score (nSPS) is 43.3. The zero-order chi connectivity index (χ0) is 32.1. The lowest BCUT2D eigenvalue weighted by Crippen LogP contribution is -2.64. The third kappa shape index (κ3) is 4.51. The standard InChI is InChI=1S/C35H50N2O5S2/c1-30(2)14-16-35(28(40)41)17-15-33(6)21(22(35)18-30)8-9-24-32(5)12-11-25(31(3,4)23(32)10-13-34(24,33)7)36-42-27(39)19-37-26(38)20-44-29(37)43/h8,22-24H,9-20H2,1-7H3,(H,40,41)/b36-25-/t22-,23+,24+,32-,33+,34+,35-/m0/s1. The van der Waals surface area contributed by atoms with Crippen LogP contribution in [0.1, 0.15) is 113 Å². The van der Waals surface area contributed by atoms with Crippen molar-refractivity contribution < 1.29 is 24.3 Å². The molecule has 1 saturated heterocycles. The number of carbonyl (C=O) groups excluding carboxylic acids is 2. The zero-order valence-corrected chi connectivity index (χ0v) is 29.2. The fraction of sp³-hybridized carbons (Fsp3) is 0.800. The molecule has 6 rings (SSSR count). The van der Waals surface area contributed by atoms with E-state index in [1.165, 1.54) is 22.2 Å². The molecule has 44 heavy (non-hydrogen) atoms. The van der Waals surface area contributed by atoms with Crippen LogP contribution in [0.25, 0.3) is 0 Å². The third-order valence-electron chi connectivity index (χ3n) is 14.2. The molecule has 0 aromatic carbocycles. The van der Waals surface area contributed by atoms with Crippen LogP contribution < -0.4 is 0 Å². The van der Waals surface area contributed by atoms with Crippen LogP contribution in [-0.4, -0.2) is 50.2 Å². The van der Waals surface area contributed by atoms with E-state index in [0.29, 0.717) is 16.2 Å². The van der Waals surface area contributed by atoms with E-state index in [4.69, 9.17) is 17.1 Å². The number of allylic oxidation sites excluding steroid dienone is 2. The van der Waals surface area contributed by atoms with Gasteiger partial charge in [-0.25, -0.2) is 4.79 Å². The van der Waals surface area contributed by atoms with Gasteiger partial charge in [-0.1, -0.05) is 89.3 Å². The van der Waals surface area contributed by atoms with Gasteiger partial charge in [0.05, 0.1) is 16.9 Å². The van der Waals surface area contributed by atoms with Crippen LogP contribution in [0.3, 0.4) is 0 Å². The van der Waals surface area contributed by atoms with Crippen molar-refractivity contribution in [1.82, 2.24) is 4.90 Å². The molecule has 6 aliphatic rings. The molecule has 1 heterocycles. The smallest absolute Gasteiger partial charge is 0.354 e. The van der Waals surface area contributed by atoms with Gasteiger partial charge in [-0.05, 0) is 104 Å². The minimum atomic E-state index is -0.618. The fourth-order valence-corrected chi connectivity index (χ4v) is 12.5. The molecular formula is C35H50N2O5S2. The van der Waals surface area contributed by atoms with Crippen molar-refractivity contribution in [1.29, 1.82) is 0 Å². The number of thioether (sulfide) groups is 1. The van der Waals surface area contributed by atoms with Gasteiger partial charge >= 0.3 is 11.9 Å². The molecule has 5 aliphatic carbocycles. The summed E-state index contributed by atoms with van der Waals surface area (Å²) in [6.07, 6.45) is 11.9. The molecule has 7 nitrogen and oxygen atoms in total. The quantitative estimate of drug-likeness (QED) is 0.146. The Bertz CT molecular complexity index is 1350. The van der Waals surface area contributed by atoms with Crippen molar-refractivity contribution >= 4 is 51.9 Å². The number of amides is 1. The Balaban J connectivity index is 1.27. The van der Waals surface area contributed by atoms with Crippen molar-refractivity contribution in [2.45, 2.75) is 113 Å². The second-order valence-corrected chi connectivity index (χ2v) is 18.5. The van der Waals surface area contributed by atoms with Gasteiger partial charge in [0.1, 0.15) is 10.9 Å². The maximum Gasteiger partial charge on any atom is 0.354 e. The molecule has 0 spiro atoms. The molecule has 7 atom stereocenters. The average molecular weight is 643 g/mol. The van der Waals surface area contributed by atoms with E-state index in [-0.39, 0.29) is 51.2 Å². The summed E-state index contributed by atoms with van der Waals surface area (Å²) >= 11 is 6.48. The van der Waals surface area contributed by atoms with E-state index < -0.39 is 17.4 Å². The Morgan fingerprint density at radius 1 is 1.05 bits per heavy atom. The topological polar surface area (TPSA) is 96.3 Å². The first-order chi connectivity index (χ1) is 20.4. The number of aliphatic carboxylic acids is 1. The van der Waals surface area contributed by atoms with Gasteiger partial charge in [0, 0.05) is 5.41 Å². The van der Waals surface area contributed by atoms with Gasteiger partial charge in [0.25, 0.3) is 0 Å². The molecule has 0 aromatic heterocycles. The molecule has 1 aliphatic heterocycles. The number of oxime groups is 1. The first-order valence-corrected chi connectivity index (χ1v) is 18.0. The second kappa shape index (κ2) is 10.4. The lowest BCUT2D eigenvalue weighted by Gasteiger charge is -2.70. The van der Waals surface area contributed by atoms with E-state index in [2.05, 4.69) is 59.7 Å². The summed E-state index contributed by atoms with van der Waals surface area (Å²) in [7, 11) is 0. The first-order valence-electron chi connectivity index (χ1n) is 16.6. The van der Waals surface area contributed by atoms with Gasteiger partial charge in [0.2, 0.25) is 5.91 Å². The SMILES string of the molecule is CC1(C)CC[C@]2(C(=O)O)CC[C@]3(C)C(=CC[C@@H]4[C@@]5(C)CC/C(=N/OC(=O)CN6C(=O)CSC6=S)C(C)(C)[C@H]5CC[C@]43C)[C@@H]2C1. The van der Waals surface area contributed by atoms with Gasteiger partial charge < -0.3 is 9.94 Å². The van der Waals surface area contributed by atoms with Crippen LogP contribution in [0, 0.1) is 50.2 Å². The number of carbonyl (C=O) groups is 3. The molecule has 0 bridgehead atoms. The first kappa shape index (κ1) is 32.2. The van der Waals surface area contributed by atoms with Crippen molar-refractivity contribution in [2.75, 3.05) is 12.3 Å². The molecule has 5 fully saturated rings. The summed E-state index contributed by atoms with van der Waals surface area (Å²) in [6, 6.07) is 0. The van der Waals surface area contributed by atoms with Crippen molar-refractivity contribution in [3.8, 4) is 0 Å². The highest BCUT2D eigenvalue weighted by Crippen LogP contribution is 2.75. The largest absolute Gasteiger partial charge is 0.481 e. The highest BCUT2D eigenvalue weighted by Gasteiger charge is 2.69. The van der Waals surface area contributed by atoms with Crippen LogP contribution in [0.4, 0.5) is 0 Å². The maximum absolute atomic E-state index is 12.9. The highest BCUT2D eigenvalue weighted by atomic mass is 32.2. The lowest BCUT2D eigenvalue weighted by atomic mass is 9.33. The van der Waals surface area contributed by atoms with Gasteiger partial charge in [-0.2, -0.15) is 0 Å². The average Bonchev–Trinajstić information content (AvgIpc) is 3.24. The number of hydrogen-bond acceptors (Lipinski definition) is 7. The minimum Gasteiger partial charge on any atom is -0.481 e. The number of thiocarbonyl (C=S) groups is 1. The van der Waals surface area contributed by atoms with E-state index >= 15 is 0 Å². The Hall–Kier alpha value is -1.74. The monoisotopic (exact) mass is 642 g/mol. The maximum atomic E-state index is 12.9. The van der Waals surface area contributed by atoms with Crippen LogP contribution in [-0.2, 0) is 19.2 Å². The van der Waals surface area contributed by atoms with Crippen LogP contribution in [0.2, 0.25) is 0 Å². The van der Waals surface area contributed by atoms with E-state index in [1.807, 2.05) is 0 Å². The third-order valence-corrected chi connectivity index (χ3v) is 15.7. The van der Waals surface area contributed by atoms with E-state index in [1.54, 1.807) is 0 Å². The molecule has 4 saturated carbocycles. The Morgan fingerprint density at radius 3 is 2.41 bits per heavy atom. The number of rotatable bonds is 4. The fourth-order valence-electron chi connectivity index (χ4n) is 11.4. The Kier molecular flexibility index (Phi) is 7.60. The summed E-state index contributed by atoms with van der Waals surface area (Å²) in [5, 5.41) is 15.1. The predicted molar refractivity (Wildman–Crippen MR) is 177 cm³/mol. The van der Waals surface area contributed by atoms with Gasteiger partial charge in [-0.3, -0.25) is 14.5 Å². The number of fused-ring (bicyclic) bond motifs is 7. The molecule has 242 valence electrons. The number of nitrogens with zero attached hydrogens (tertiary/aromatic N) is 2. The van der Waals surface area contributed by atoms with Crippen molar-refractivity contribution in [2.24, 2.45) is 55.4 Å². The predicted octanol–water partition coefficient (Wildman–Crippen LogP) is 7.63. The van der Waals surface area contributed by atoms with Crippen LogP contribution >= 0.6 is 24.0 Å². The van der Waals surface area contributed by atoms with Crippen molar-refractivity contribution in [3.63, 3.8) is 0 Å². The highest BCUT2D eigenvalue weighted by molar-refractivity contribution is 8.23. The second-order valence-electron chi connectivity index (χ2n) is 16.9. The summed E-state index contributed by atoms with van der Waals surface area (Å²) in [6.45, 7) is 16.5. The van der Waals surface area contributed by atoms with E-state index in [0.717, 1.165) is 69.9 Å². The summed E-state index contributed by atoms with van der Waals surface area (Å²) in [5.41, 5.74) is 1.84. The molecule has 1 N–H and O–H groups in total. The Morgan fingerprint density at radius 2 is 1.75 bits per heavy atom. The molecule has 0 unspecified atom stereocenters. The zero-order valence-electron chi connectivity index (χ0n) is 27.6. The number of carboxylic acid groups (broad SMARTS) is 1. The van der Waals surface area contributed by atoms with Gasteiger partial charge in [-0.15, -0.1) is 0 Å². The van der Waals surface area contributed by atoms with E-state index in [9.17, 15) is 19.5 Å². The van der Waals surface area contributed by atoms with Gasteiger partial charge in [0.15, 0.2) is 0 Å². The summed E-state index contributed by atoms with van der Waals surface area (Å²) in [5.74, 6) is -0.0555. The minimum absolute atomic E-state index is 0.0131. The molecule has 1 amide bonds. The molecule has 0 aromatic rings. The summed E-state index contributed by atoms with van der Waals surface area (Å²) < 4.78 is 0.413. The molecule has 9 heteroatoms. The number of hydrogen-bond donors (Lipinski definition) is 1.